The lowest BCUT2D eigenvalue weighted by Gasteiger charge is -2.09. The summed E-state index contributed by atoms with van der Waals surface area (Å²) in [6.07, 6.45) is 1.73. The Morgan fingerprint density at radius 2 is 2.07 bits per heavy atom. The number of nitrogens with zero attached hydrogens (tertiary/aromatic N) is 1. The molecule has 0 bridgehead atoms. The van der Waals surface area contributed by atoms with E-state index in [-0.39, 0.29) is 11.9 Å². The molecule has 1 amide bonds. The minimum Gasteiger partial charge on any atom is -0.370 e. The maximum Gasteiger partial charge on any atom is 0.217 e. The van der Waals surface area contributed by atoms with Gasteiger partial charge < -0.3 is 5.73 Å². The van der Waals surface area contributed by atoms with Crippen LogP contribution in [0.1, 0.15) is 30.9 Å². The average molecular weight is 205 g/mol. The summed E-state index contributed by atoms with van der Waals surface area (Å²) in [7, 11) is 0. The molecule has 1 unspecified atom stereocenters. The molecular weight excluding hydrogens is 190 g/mol. The van der Waals surface area contributed by atoms with Crippen molar-refractivity contribution in [3.8, 4) is 0 Å². The number of amides is 1. The van der Waals surface area contributed by atoms with E-state index >= 15 is 0 Å². The van der Waals surface area contributed by atoms with E-state index < -0.39 is 0 Å². The Bertz CT molecular complexity index is 324. The van der Waals surface area contributed by atoms with E-state index in [2.05, 4.69) is 5.11 Å². The van der Waals surface area contributed by atoms with Crippen LogP contribution in [0, 0.1) is 5.53 Å². The Labute approximate surface area is 89.0 Å². The van der Waals surface area contributed by atoms with Crippen molar-refractivity contribution in [1.82, 2.24) is 0 Å². The Kier molecular flexibility index (Phi) is 4.47. The van der Waals surface area contributed by atoms with Crippen LogP contribution in [0.15, 0.2) is 35.4 Å². The molecule has 0 aliphatic heterocycles. The lowest BCUT2D eigenvalue weighted by Crippen LogP contribution is -2.10. The molecule has 15 heavy (non-hydrogen) atoms. The van der Waals surface area contributed by atoms with Gasteiger partial charge >= 0.3 is 0 Å². The van der Waals surface area contributed by atoms with Crippen LogP contribution < -0.4 is 5.73 Å². The number of hydrogen-bond acceptors (Lipinski definition) is 3. The van der Waals surface area contributed by atoms with Crippen molar-refractivity contribution < 1.29 is 4.79 Å². The standard InChI is InChI=1S/C11H15N3O/c12-11(15)8-4-7-10(14-13)9-5-2-1-3-6-9/h1-3,5-6,10,13H,4,7-8H2,(H2,12,15). The second kappa shape index (κ2) is 5.90. The van der Waals surface area contributed by atoms with Crippen LogP contribution in [0.3, 0.4) is 0 Å². The minimum atomic E-state index is -0.299. The predicted molar refractivity (Wildman–Crippen MR) is 57.4 cm³/mol. The van der Waals surface area contributed by atoms with Crippen LogP contribution in [-0.2, 0) is 4.79 Å². The molecule has 1 rings (SSSR count). The predicted octanol–water partition coefficient (Wildman–Crippen LogP) is 2.41. The van der Waals surface area contributed by atoms with E-state index in [0.717, 1.165) is 5.56 Å². The van der Waals surface area contributed by atoms with Crippen molar-refractivity contribution in [3.63, 3.8) is 0 Å². The minimum absolute atomic E-state index is 0.148. The number of carbonyl (C=O) groups excluding carboxylic acids is 1. The fraction of sp³-hybridized carbons (Fsp3) is 0.364. The summed E-state index contributed by atoms with van der Waals surface area (Å²) in [6, 6.07) is 9.49. The largest absolute Gasteiger partial charge is 0.370 e. The number of benzene rings is 1. The molecule has 80 valence electrons. The third kappa shape index (κ3) is 3.89. The highest BCUT2D eigenvalue weighted by Crippen LogP contribution is 2.22. The summed E-state index contributed by atoms with van der Waals surface area (Å²) in [5.41, 5.74) is 13.1. The van der Waals surface area contributed by atoms with Gasteiger partial charge in [-0.3, -0.25) is 4.79 Å². The number of rotatable bonds is 6. The lowest BCUT2D eigenvalue weighted by molar-refractivity contribution is -0.118. The average Bonchev–Trinajstić information content (AvgIpc) is 2.25. The maximum atomic E-state index is 10.6. The highest BCUT2D eigenvalue weighted by molar-refractivity contribution is 5.73. The number of hydrogen-bond donors (Lipinski definition) is 2. The zero-order valence-electron chi connectivity index (χ0n) is 8.52. The van der Waals surface area contributed by atoms with E-state index in [1.807, 2.05) is 30.3 Å². The monoisotopic (exact) mass is 205 g/mol. The number of carbonyl (C=O) groups is 1. The van der Waals surface area contributed by atoms with Crippen LogP contribution >= 0.6 is 0 Å². The molecule has 1 atom stereocenters. The molecule has 4 nitrogen and oxygen atoms in total. The molecule has 0 aromatic heterocycles. The summed E-state index contributed by atoms with van der Waals surface area (Å²) in [6.45, 7) is 0. The molecule has 1 aromatic carbocycles. The van der Waals surface area contributed by atoms with Crippen molar-refractivity contribution in [2.75, 3.05) is 0 Å². The number of nitrogens with two attached hydrogens (primary N) is 1. The Morgan fingerprint density at radius 3 is 2.60 bits per heavy atom. The van der Waals surface area contributed by atoms with Gasteiger partial charge in [0.2, 0.25) is 5.91 Å². The first kappa shape index (κ1) is 11.4. The molecule has 1 aromatic rings. The fourth-order valence-corrected chi connectivity index (χ4v) is 1.45. The van der Waals surface area contributed by atoms with Crippen molar-refractivity contribution in [3.05, 3.63) is 35.9 Å². The van der Waals surface area contributed by atoms with E-state index in [0.29, 0.717) is 19.3 Å². The third-order valence-corrected chi connectivity index (χ3v) is 2.24. The van der Waals surface area contributed by atoms with Gasteiger partial charge in [0.25, 0.3) is 0 Å². The van der Waals surface area contributed by atoms with Crippen molar-refractivity contribution >= 4 is 5.91 Å². The quantitative estimate of drug-likeness (QED) is 0.687. The van der Waals surface area contributed by atoms with Gasteiger partial charge in [-0.25, -0.2) is 5.53 Å². The zero-order chi connectivity index (χ0) is 11.1. The molecule has 0 radical (unpaired) electrons. The van der Waals surface area contributed by atoms with Gasteiger partial charge in [0.1, 0.15) is 0 Å². The topological polar surface area (TPSA) is 79.3 Å². The highest BCUT2D eigenvalue weighted by atomic mass is 16.1. The molecule has 0 heterocycles. The van der Waals surface area contributed by atoms with Crippen LogP contribution in [0.5, 0.6) is 0 Å². The van der Waals surface area contributed by atoms with Crippen LogP contribution in [0.4, 0.5) is 0 Å². The second-order valence-electron chi connectivity index (χ2n) is 3.41. The van der Waals surface area contributed by atoms with Crippen molar-refractivity contribution in [2.24, 2.45) is 10.8 Å². The summed E-state index contributed by atoms with van der Waals surface area (Å²) >= 11 is 0. The first-order valence-electron chi connectivity index (χ1n) is 4.94. The summed E-state index contributed by atoms with van der Waals surface area (Å²) in [4.78, 5) is 10.6. The first-order valence-corrected chi connectivity index (χ1v) is 4.94. The zero-order valence-corrected chi connectivity index (χ0v) is 8.52. The van der Waals surface area contributed by atoms with Gasteiger partial charge in [0.15, 0.2) is 0 Å². The van der Waals surface area contributed by atoms with Gasteiger partial charge in [-0.05, 0) is 18.4 Å². The Hall–Kier alpha value is -1.71. The van der Waals surface area contributed by atoms with E-state index in [9.17, 15) is 4.79 Å². The SMILES string of the molecule is N=NC(CCCC(N)=O)c1ccccc1. The molecule has 4 heteroatoms. The second-order valence-corrected chi connectivity index (χ2v) is 3.41. The van der Waals surface area contributed by atoms with E-state index in [4.69, 9.17) is 11.3 Å². The molecule has 3 N–H and O–H groups in total. The fourth-order valence-electron chi connectivity index (χ4n) is 1.45. The molecule has 0 spiro atoms. The Morgan fingerprint density at radius 1 is 1.40 bits per heavy atom. The third-order valence-electron chi connectivity index (χ3n) is 2.24. The van der Waals surface area contributed by atoms with Gasteiger partial charge in [-0.1, -0.05) is 30.3 Å². The first-order chi connectivity index (χ1) is 7.24. The normalized spacial score (nSPS) is 12.0. The van der Waals surface area contributed by atoms with Gasteiger partial charge in [-0.15, -0.1) is 0 Å². The summed E-state index contributed by atoms with van der Waals surface area (Å²) < 4.78 is 0. The lowest BCUT2D eigenvalue weighted by atomic mass is 10.0. The van der Waals surface area contributed by atoms with Crippen LogP contribution in [0.2, 0.25) is 0 Å². The Balaban J connectivity index is 2.50. The highest BCUT2D eigenvalue weighted by Gasteiger charge is 2.09. The van der Waals surface area contributed by atoms with Gasteiger partial charge in [0.05, 0.1) is 6.04 Å². The van der Waals surface area contributed by atoms with Gasteiger partial charge in [0, 0.05) is 6.42 Å². The molecule has 0 aliphatic rings. The molecule has 0 saturated heterocycles. The summed E-state index contributed by atoms with van der Waals surface area (Å²) in [5, 5.41) is 3.55. The number of primary amides is 1. The molecule has 0 saturated carbocycles. The van der Waals surface area contributed by atoms with Crippen LogP contribution in [-0.4, -0.2) is 5.91 Å². The van der Waals surface area contributed by atoms with Crippen molar-refractivity contribution in [2.45, 2.75) is 25.3 Å². The molecular formula is C11H15N3O. The molecule has 0 fully saturated rings. The molecule has 0 aliphatic carbocycles. The van der Waals surface area contributed by atoms with E-state index in [1.54, 1.807) is 0 Å². The number of nitrogens with one attached hydrogen (secondary N) is 1. The van der Waals surface area contributed by atoms with Crippen LogP contribution in [0.25, 0.3) is 0 Å². The van der Waals surface area contributed by atoms with E-state index in [1.165, 1.54) is 0 Å². The van der Waals surface area contributed by atoms with Crippen molar-refractivity contribution in [1.29, 1.82) is 5.53 Å². The van der Waals surface area contributed by atoms with Gasteiger partial charge in [-0.2, -0.15) is 5.11 Å². The summed E-state index contributed by atoms with van der Waals surface area (Å²) in [5.74, 6) is -0.299. The smallest absolute Gasteiger partial charge is 0.217 e. The maximum absolute atomic E-state index is 10.6.